The molecule has 0 aliphatic rings. The van der Waals surface area contributed by atoms with Crippen LogP contribution in [0.2, 0.25) is 0 Å². The summed E-state index contributed by atoms with van der Waals surface area (Å²) in [7, 11) is 0. The highest BCUT2D eigenvalue weighted by Gasteiger charge is 2.13. The first-order chi connectivity index (χ1) is 9.51. The van der Waals surface area contributed by atoms with Gasteiger partial charge in [0.25, 0.3) is 0 Å². The Balaban J connectivity index is 2.46. The highest BCUT2D eigenvalue weighted by Crippen LogP contribution is 2.27. The number of anilines is 2. The van der Waals surface area contributed by atoms with Crippen LogP contribution >= 0.6 is 15.9 Å². The summed E-state index contributed by atoms with van der Waals surface area (Å²) >= 11 is 3.41. The molecular weight excluding hydrogens is 321 g/mol. The van der Waals surface area contributed by atoms with Crippen LogP contribution < -0.4 is 4.90 Å². The van der Waals surface area contributed by atoms with Crippen molar-refractivity contribution in [3.05, 3.63) is 46.6 Å². The fraction of sp³-hybridized carbons (Fsp3) is 0.333. The van der Waals surface area contributed by atoms with E-state index in [4.69, 9.17) is 0 Å². The second-order valence-electron chi connectivity index (χ2n) is 4.79. The minimum absolute atomic E-state index is 0.234. The highest BCUT2D eigenvalue weighted by molar-refractivity contribution is 9.10. The number of nitrogens with zero attached hydrogens (tertiary/aromatic N) is 3. The maximum atomic E-state index is 13.4. The van der Waals surface area contributed by atoms with Crippen LogP contribution in [0.15, 0.2) is 34.9 Å². The van der Waals surface area contributed by atoms with Gasteiger partial charge >= 0.3 is 0 Å². The Hall–Kier alpha value is -1.49. The largest absolute Gasteiger partial charge is 0.326 e. The van der Waals surface area contributed by atoms with Crippen molar-refractivity contribution in [3.63, 3.8) is 0 Å². The van der Waals surface area contributed by atoms with E-state index < -0.39 is 0 Å². The molecule has 0 atom stereocenters. The molecule has 2 rings (SSSR count). The first-order valence-corrected chi connectivity index (χ1v) is 7.38. The van der Waals surface area contributed by atoms with Gasteiger partial charge in [-0.1, -0.05) is 19.9 Å². The van der Waals surface area contributed by atoms with Gasteiger partial charge in [-0.3, -0.25) is 0 Å². The molecule has 0 spiro atoms. The number of aromatic nitrogens is 2. The van der Waals surface area contributed by atoms with E-state index in [0.717, 1.165) is 21.9 Å². The summed E-state index contributed by atoms with van der Waals surface area (Å²) in [6.07, 6.45) is 0. The van der Waals surface area contributed by atoms with Crippen LogP contribution in [0.3, 0.4) is 0 Å². The van der Waals surface area contributed by atoms with E-state index in [1.54, 1.807) is 6.07 Å². The van der Waals surface area contributed by atoms with Crippen LogP contribution in [-0.4, -0.2) is 16.5 Å². The minimum Gasteiger partial charge on any atom is -0.326 e. The Morgan fingerprint density at radius 1 is 1.25 bits per heavy atom. The third-order valence-electron chi connectivity index (χ3n) is 2.93. The van der Waals surface area contributed by atoms with Crippen LogP contribution in [0.4, 0.5) is 15.9 Å². The van der Waals surface area contributed by atoms with Crippen molar-refractivity contribution < 1.29 is 4.39 Å². The zero-order valence-electron chi connectivity index (χ0n) is 11.8. The van der Waals surface area contributed by atoms with E-state index in [2.05, 4.69) is 25.9 Å². The van der Waals surface area contributed by atoms with E-state index in [1.807, 2.05) is 37.8 Å². The third kappa shape index (κ3) is 3.33. The normalized spacial score (nSPS) is 10.9. The lowest BCUT2D eigenvalue weighted by Crippen LogP contribution is -2.18. The maximum Gasteiger partial charge on any atom is 0.137 e. The molecule has 0 N–H and O–H groups in total. The first-order valence-electron chi connectivity index (χ1n) is 6.59. The van der Waals surface area contributed by atoms with Crippen molar-refractivity contribution in [1.29, 1.82) is 0 Å². The van der Waals surface area contributed by atoms with Gasteiger partial charge in [0, 0.05) is 24.2 Å². The molecule has 0 unspecified atom stereocenters. The van der Waals surface area contributed by atoms with Crippen LogP contribution in [-0.2, 0) is 0 Å². The molecule has 0 radical (unpaired) electrons. The fourth-order valence-corrected chi connectivity index (χ4v) is 2.33. The van der Waals surface area contributed by atoms with Crippen molar-refractivity contribution in [2.24, 2.45) is 0 Å². The van der Waals surface area contributed by atoms with Gasteiger partial charge in [0.2, 0.25) is 0 Å². The summed E-state index contributed by atoms with van der Waals surface area (Å²) in [5, 5.41) is 0. The average molecular weight is 338 g/mol. The monoisotopic (exact) mass is 337 g/mol. The second-order valence-corrected chi connectivity index (χ2v) is 5.60. The lowest BCUT2D eigenvalue weighted by atomic mass is 10.2. The molecule has 1 heterocycles. The molecule has 0 aliphatic heterocycles. The summed E-state index contributed by atoms with van der Waals surface area (Å²) in [6, 6.07) is 8.37. The summed E-state index contributed by atoms with van der Waals surface area (Å²) in [5.41, 5.74) is 0.785. The standard InChI is InChI=1S/C15H17BrFN3/c1-4-20(12-7-5-6-11(17)8-12)14-9-13(16)18-15(19-14)10(2)3/h5-10H,4H2,1-3H3. The van der Waals surface area contributed by atoms with E-state index >= 15 is 0 Å². The van der Waals surface area contributed by atoms with Gasteiger partial charge in [-0.25, -0.2) is 14.4 Å². The summed E-state index contributed by atoms with van der Waals surface area (Å²) in [4.78, 5) is 10.9. The molecule has 5 heteroatoms. The van der Waals surface area contributed by atoms with E-state index in [-0.39, 0.29) is 11.7 Å². The summed E-state index contributed by atoms with van der Waals surface area (Å²) in [6.45, 7) is 6.80. The predicted molar refractivity (Wildman–Crippen MR) is 82.9 cm³/mol. The first kappa shape index (κ1) is 14.9. The Morgan fingerprint density at radius 2 is 2.00 bits per heavy atom. The van der Waals surface area contributed by atoms with Crippen LogP contribution in [0.5, 0.6) is 0 Å². The number of hydrogen-bond donors (Lipinski definition) is 0. The summed E-state index contributed by atoms with van der Waals surface area (Å²) in [5.74, 6) is 1.52. The van der Waals surface area contributed by atoms with Crippen molar-refractivity contribution in [3.8, 4) is 0 Å². The molecule has 0 aliphatic carbocycles. The molecule has 0 saturated heterocycles. The van der Waals surface area contributed by atoms with Gasteiger partial charge in [-0.15, -0.1) is 0 Å². The van der Waals surface area contributed by atoms with Gasteiger partial charge in [-0.2, -0.15) is 0 Å². The van der Waals surface area contributed by atoms with E-state index in [0.29, 0.717) is 6.54 Å². The van der Waals surface area contributed by atoms with E-state index in [9.17, 15) is 4.39 Å². The molecule has 3 nitrogen and oxygen atoms in total. The molecule has 106 valence electrons. The van der Waals surface area contributed by atoms with Crippen LogP contribution in [0.25, 0.3) is 0 Å². The molecular formula is C15H17BrFN3. The minimum atomic E-state index is -0.252. The van der Waals surface area contributed by atoms with E-state index in [1.165, 1.54) is 12.1 Å². The van der Waals surface area contributed by atoms with Gasteiger partial charge < -0.3 is 4.90 Å². The molecule has 0 bridgehead atoms. The molecule has 1 aromatic heterocycles. The summed E-state index contributed by atoms with van der Waals surface area (Å²) < 4.78 is 14.1. The fourth-order valence-electron chi connectivity index (χ4n) is 1.94. The van der Waals surface area contributed by atoms with Gasteiger partial charge in [0.1, 0.15) is 22.1 Å². The molecule has 1 aromatic carbocycles. The maximum absolute atomic E-state index is 13.4. The lowest BCUT2D eigenvalue weighted by molar-refractivity contribution is 0.627. The molecule has 0 saturated carbocycles. The zero-order valence-corrected chi connectivity index (χ0v) is 13.4. The zero-order chi connectivity index (χ0) is 14.7. The number of benzene rings is 1. The number of halogens is 2. The molecule has 2 aromatic rings. The molecule has 0 amide bonds. The Bertz CT molecular complexity index is 601. The number of rotatable bonds is 4. The van der Waals surface area contributed by atoms with Crippen LogP contribution in [0.1, 0.15) is 32.5 Å². The van der Waals surface area contributed by atoms with Crippen LogP contribution in [0, 0.1) is 5.82 Å². The average Bonchev–Trinajstić information content (AvgIpc) is 2.39. The second kappa shape index (κ2) is 6.31. The Kier molecular flexibility index (Phi) is 4.70. The van der Waals surface area contributed by atoms with Gasteiger partial charge in [0.05, 0.1) is 0 Å². The SMILES string of the molecule is CCN(c1cccc(F)c1)c1cc(Br)nc(C(C)C)n1. The van der Waals surface area contributed by atoms with Gasteiger partial charge in [0.15, 0.2) is 0 Å². The molecule has 20 heavy (non-hydrogen) atoms. The third-order valence-corrected chi connectivity index (χ3v) is 3.33. The predicted octanol–water partition coefficient (Wildman–Crippen LogP) is 4.66. The number of hydrogen-bond acceptors (Lipinski definition) is 3. The van der Waals surface area contributed by atoms with Crippen molar-refractivity contribution in [2.45, 2.75) is 26.7 Å². The van der Waals surface area contributed by atoms with Gasteiger partial charge in [-0.05, 0) is 41.1 Å². The molecule has 0 fully saturated rings. The van der Waals surface area contributed by atoms with Crippen molar-refractivity contribution >= 4 is 27.4 Å². The highest BCUT2D eigenvalue weighted by atomic mass is 79.9. The smallest absolute Gasteiger partial charge is 0.137 e. The van der Waals surface area contributed by atoms with Crippen molar-refractivity contribution in [2.75, 3.05) is 11.4 Å². The topological polar surface area (TPSA) is 29.0 Å². The lowest BCUT2D eigenvalue weighted by Gasteiger charge is -2.23. The quantitative estimate of drug-likeness (QED) is 0.759. The Morgan fingerprint density at radius 3 is 2.60 bits per heavy atom. The Labute approximate surface area is 127 Å². The van der Waals surface area contributed by atoms with Crippen molar-refractivity contribution in [1.82, 2.24) is 9.97 Å².